The Morgan fingerprint density at radius 3 is 2.61 bits per heavy atom. The highest BCUT2D eigenvalue weighted by atomic mass is 16.5. The number of ether oxygens (including phenoxy) is 1. The van der Waals surface area contributed by atoms with E-state index >= 15 is 0 Å². The summed E-state index contributed by atoms with van der Waals surface area (Å²) >= 11 is 0. The van der Waals surface area contributed by atoms with E-state index in [-0.39, 0.29) is 0 Å². The van der Waals surface area contributed by atoms with E-state index in [1.165, 1.54) is 0 Å². The number of aryl methyl sites for hydroxylation is 1. The van der Waals surface area contributed by atoms with E-state index < -0.39 is 0 Å². The molecule has 92 valence electrons. The Balaban J connectivity index is 2.57. The fraction of sp³-hybridized carbons (Fsp3) is 0.188. The fourth-order valence-electron chi connectivity index (χ4n) is 2.00. The van der Waals surface area contributed by atoms with Crippen LogP contribution >= 0.6 is 0 Å². The topological polar surface area (TPSA) is 26.3 Å². The van der Waals surface area contributed by atoms with Gasteiger partial charge in [0, 0.05) is 11.1 Å². The molecule has 0 fully saturated rings. The summed E-state index contributed by atoms with van der Waals surface area (Å²) in [5, 5.41) is 0. The van der Waals surface area contributed by atoms with Crippen molar-refractivity contribution in [2.45, 2.75) is 13.8 Å². The van der Waals surface area contributed by atoms with Crippen molar-refractivity contribution >= 4 is 6.29 Å². The number of hydrogen-bond donors (Lipinski definition) is 0. The van der Waals surface area contributed by atoms with Crippen LogP contribution in [0.15, 0.2) is 42.5 Å². The molecular formula is C16H16O2. The minimum absolute atomic E-state index is 0.610. The number of rotatable bonds is 4. The molecule has 0 aromatic heterocycles. The maximum atomic E-state index is 11.2. The van der Waals surface area contributed by atoms with Crippen LogP contribution in [0.2, 0.25) is 0 Å². The van der Waals surface area contributed by atoms with Crippen LogP contribution in [-0.2, 0) is 0 Å². The molecule has 0 aliphatic rings. The number of benzene rings is 2. The minimum atomic E-state index is 0.610. The second kappa shape index (κ2) is 5.50. The summed E-state index contributed by atoms with van der Waals surface area (Å²) in [5.41, 5.74) is 3.65. The molecule has 0 amide bonds. The Morgan fingerprint density at radius 1 is 1.11 bits per heavy atom. The van der Waals surface area contributed by atoms with Crippen LogP contribution in [0, 0.1) is 6.92 Å². The second-order valence-electron chi connectivity index (χ2n) is 4.14. The highest BCUT2D eigenvalue weighted by molar-refractivity contribution is 5.89. The average Bonchev–Trinajstić information content (AvgIpc) is 2.40. The van der Waals surface area contributed by atoms with Gasteiger partial charge in [-0.25, -0.2) is 0 Å². The van der Waals surface area contributed by atoms with Gasteiger partial charge in [-0.15, -0.1) is 0 Å². The maximum Gasteiger partial charge on any atom is 0.150 e. The van der Waals surface area contributed by atoms with Crippen LogP contribution < -0.4 is 4.74 Å². The lowest BCUT2D eigenvalue weighted by Crippen LogP contribution is -1.96. The summed E-state index contributed by atoms with van der Waals surface area (Å²) in [7, 11) is 0. The molecule has 0 aliphatic carbocycles. The van der Waals surface area contributed by atoms with Crippen molar-refractivity contribution in [2.75, 3.05) is 6.61 Å². The second-order valence-corrected chi connectivity index (χ2v) is 4.14. The van der Waals surface area contributed by atoms with Crippen LogP contribution in [0.25, 0.3) is 11.1 Å². The molecule has 2 aromatic rings. The first-order valence-corrected chi connectivity index (χ1v) is 6.04. The summed E-state index contributed by atoms with van der Waals surface area (Å²) in [5.74, 6) is 0.812. The van der Waals surface area contributed by atoms with Gasteiger partial charge >= 0.3 is 0 Å². The van der Waals surface area contributed by atoms with Gasteiger partial charge in [-0.05, 0) is 31.5 Å². The van der Waals surface area contributed by atoms with Gasteiger partial charge < -0.3 is 4.74 Å². The molecule has 0 atom stereocenters. The molecule has 0 spiro atoms. The molecule has 0 unspecified atom stereocenters. The van der Waals surface area contributed by atoms with E-state index in [0.29, 0.717) is 12.2 Å². The monoisotopic (exact) mass is 240 g/mol. The van der Waals surface area contributed by atoms with Gasteiger partial charge in [-0.3, -0.25) is 4.79 Å². The summed E-state index contributed by atoms with van der Waals surface area (Å²) in [6, 6.07) is 13.7. The van der Waals surface area contributed by atoms with Crippen molar-refractivity contribution in [1.82, 2.24) is 0 Å². The normalized spacial score (nSPS) is 10.1. The van der Waals surface area contributed by atoms with Gasteiger partial charge in [0.15, 0.2) is 6.29 Å². The molecule has 2 aromatic carbocycles. The standard InChI is InChI=1S/C16H16O2/c1-3-18-16-7-5-4-6-15(16)14-9-8-12(2)10-13(14)11-17/h4-11H,3H2,1-2H3. The Bertz CT molecular complexity index is 559. The quantitative estimate of drug-likeness (QED) is 0.758. The number of hydrogen-bond acceptors (Lipinski definition) is 2. The molecule has 0 radical (unpaired) electrons. The number of carbonyl (C=O) groups excluding carboxylic acids is 1. The van der Waals surface area contributed by atoms with Crippen LogP contribution in [0.1, 0.15) is 22.8 Å². The van der Waals surface area contributed by atoms with Gasteiger partial charge in [0.25, 0.3) is 0 Å². The van der Waals surface area contributed by atoms with Crippen molar-refractivity contribution < 1.29 is 9.53 Å². The lowest BCUT2D eigenvalue weighted by molar-refractivity contribution is 0.112. The van der Waals surface area contributed by atoms with Gasteiger partial charge in [-0.2, -0.15) is 0 Å². The molecule has 0 saturated carbocycles. The van der Waals surface area contributed by atoms with Crippen molar-refractivity contribution in [2.24, 2.45) is 0 Å². The predicted octanol–water partition coefficient (Wildman–Crippen LogP) is 3.87. The molecule has 2 rings (SSSR count). The Hall–Kier alpha value is -2.09. The van der Waals surface area contributed by atoms with Gasteiger partial charge in [0.05, 0.1) is 6.61 Å². The minimum Gasteiger partial charge on any atom is -0.493 e. The average molecular weight is 240 g/mol. The lowest BCUT2D eigenvalue weighted by Gasteiger charge is -2.12. The van der Waals surface area contributed by atoms with E-state index in [1.807, 2.05) is 56.3 Å². The first-order chi connectivity index (χ1) is 8.76. The Labute approximate surface area is 107 Å². The highest BCUT2D eigenvalue weighted by Gasteiger charge is 2.09. The summed E-state index contributed by atoms with van der Waals surface area (Å²) in [6.45, 7) is 4.54. The zero-order valence-electron chi connectivity index (χ0n) is 10.6. The largest absolute Gasteiger partial charge is 0.493 e. The van der Waals surface area contributed by atoms with Gasteiger partial charge in [0.1, 0.15) is 5.75 Å². The molecule has 0 aliphatic heterocycles. The Morgan fingerprint density at radius 2 is 1.89 bits per heavy atom. The summed E-state index contributed by atoms with van der Waals surface area (Å²) < 4.78 is 5.61. The van der Waals surface area contributed by atoms with Crippen molar-refractivity contribution in [3.8, 4) is 16.9 Å². The van der Waals surface area contributed by atoms with Crippen molar-refractivity contribution in [3.63, 3.8) is 0 Å². The number of aldehydes is 1. The van der Waals surface area contributed by atoms with E-state index in [9.17, 15) is 4.79 Å². The molecule has 0 bridgehead atoms. The third kappa shape index (κ3) is 2.43. The molecule has 0 heterocycles. The highest BCUT2D eigenvalue weighted by Crippen LogP contribution is 2.32. The van der Waals surface area contributed by atoms with Crippen LogP contribution in [0.4, 0.5) is 0 Å². The number of carbonyl (C=O) groups is 1. The fourth-order valence-corrected chi connectivity index (χ4v) is 2.00. The smallest absolute Gasteiger partial charge is 0.150 e. The lowest BCUT2D eigenvalue weighted by atomic mass is 9.98. The molecular weight excluding hydrogens is 224 g/mol. The van der Waals surface area contributed by atoms with E-state index in [1.54, 1.807) is 0 Å². The first-order valence-electron chi connectivity index (χ1n) is 6.04. The number of para-hydroxylation sites is 1. The SMILES string of the molecule is CCOc1ccccc1-c1ccc(C)cc1C=O. The van der Waals surface area contributed by atoms with Gasteiger partial charge in [-0.1, -0.05) is 35.9 Å². The zero-order chi connectivity index (χ0) is 13.0. The van der Waals surface area contributed by atoms with E-state index in [0.717, 1.165) is 28.7 Å². The molecule has 2 heteroatoms. The van der Waals surface area contributed by atoms with E-state index in [4.69, 9.17) is 4.74 Å². The maximum absolute atomic E-state index is 11.2. The third-order valence-corrected chi connectivity index (χ3v) is 2.81. The molecule has 0 saturated heterocycles. The van der Waals surface area contributed by atoms with Crippen LogP contribution in [-0.4, -0.2) is 12.9 Å². The van der Waals surface area contributed by atoms with Crippen LogP contribution in [0.5, 0.6) is 5.75 Å². The molecule has 2 nitrogen and oxygen atoms in total. The van der Waals surface area contributed by atoms with Crippen molar-refractivity contribution in [3.05, 3.63) is 53.6 Å². The first kappa shape index (κ1) is 12.4. The molecule has 18 heavy (non-hydrogen) atoms. The third-order valence-electron chi connectivity index (χ3n) is 2.81. The predicted molar refractivity (Wildman–Crippen MR) is 73.2 cm³/mol. The summed E-state index contributed by atoms with van der Waals surface area (Å²) in [6.07, 6.45) is 0.894. The molecule has 0 N–H and O–H groups in total. The summed E-state index contributed by atoms with van der Waals surface area (Å²) in [4.78, 5) is 11.2. The Kier molecular flexibility index (Phi) is 3.78. The zero-order valence-corrected chi connectivity index (χ0v) is 10.6. The van der Waals surface area contributed by atoms with Crippen LogP contribution in [0.3, 0.4) is 0 Å². The van der Waals surface area contributed by atoms with E-state index in [2.05, 4.69) is 0 Å². The van der Waals surface area contributed by atoms with Gasteiger partial charge in [0.2, 0.25) is 0 Å². The van der Waals surface area contributed by atoms with Crippen molar-refractivity contribution in [1.29, 1.82) is 0 Å².